The van der Waals surface area contributed by atoms with Gasteiger partial charge in [0, 0.05) is 18.2 Å². The molecule has 0 heterocycles. The standard InChI is InChI=1S/C25H29NO4S/c1-26(23(15-24(27)28)31-17-9-3-2-4-10-17)25(29)30-16-22-20-13-7-5-11-18(20)19-12-6-8-14-21(19)22/h5-8,11-14,17,22-23H,2-4,9-10,15-16H2,1H3,(H,27,28). The van der Waals surface area contributed by atoms with E-state index in [1.54, 1.807) is 18.8 Å². The third kappa shape index (κ3) is 4.90. The molecule has 2 aromatic carbocycles. The Morgan fingerprint density at radius 1 is 1.03 bits per heavy atom. The van der Waals surface area contributed by atoms with Gasteiger partial charge in [0.05, 0.1) is 11.8 Å². The molecule has 5 nitrogen and oxygen atoms in total. The minimum atomic E-state index is -0.897. The van der Waals surface area contributed by atoms with Crippen LogP contribution in [0.4, 0.5) is 4.79 Å². The van der Waals surface area contributed by atoms with Crippen molar-refractivity contribution in [1.82, 2.24) is 4.90 Å². The SMILES string of the molecule is CN(C(=O)OCC1c2ccccc2-c2ccccc21)C(CC(=O)O)SC1CCCCC1. The van der Waals surface area contributed by atoms with Crippen LogP contribution in [-0.4, -0.2) is 46.3 Å². The maximum atomic E-state index is 12.9. The Bertz CT molecular complexity index is 895. The highest BCUT2D eigenvalue weighted by Crippen LogP contribution is 2.44. The first-order valence-electron chi connectivity index (χ1n) is 11.0. The van der Waals surface area contributed by atoms with Crippen molar-refractivity contribution in [3.8, 4) is 11.1 Å². The molecule has 1 fully saturated rings. The quantitative estimate of drug-likeness (QED) is 0.558. The van der Waals surface area contributed by atoms with Gasteiger partial charge in [0.1, 0.15) is 6.61 Å². The van der Waals surface area contributed by atoms with Gasteiger partial charge in [0.25, 0.3) is 0 Å². The van der Waals surface area contributed by atoms with Crippen LogP contribution in [-0.2, 0) is 9.53 Å². The zero-order valence-corrected chi connectivity index (χ0v) is 18.6. The lowest BCUT2D eigenvalue weighted by Gasteiger charge is -2.31. The van der Waals surface area contributed by atoms with Gasteiger partial charge < -0.3 is 9.84 Å². The number of amides is 1. The lowest BCUT2D eigenvalue weighted by molar-refractivity contribution is -0.137. The van der Waals surface area contributed by atoms with Gasteiger partial charge in [-0.15, -0.1) is 11.8 Å². The van der Waals surface area contributed by atoms with Gasteiger partial charge >= 0.3 is 12.1 Å². The monoisotopic (exact) mass is 439 g/mol. The molecule has 0 aliphatic heterocycles. The number of carboxylic acid groups (broad SMARTS) is 1. The average Bonchev–Trinajstić information content (AvgIpc) is 3.11. The molecule has 4 rings (SSSR count). The van der Waals surface area contributed by atoms with Crippen molar-refractivity contribution in [2.75, 3.05) is 13.7 Å². The second-order valence-electron chi connectivity index (χ2n) is 8.36. The van der Waals surface area contributed by atoms with Crippen LogP contribution in [0.2, 0.25) is 0 Å². The average molecular weight is 440 g/mol. The molecule has 0 aromatic heterocycles. The molecule has 1 saturated carbocycles. The lowest BCUT2D eigenvalue weighted by Crippen LogP contribution is -2.38. The van der Waals surface area contributed by atoms with Crippen LogP contribution in [0.1, 0.15) is 55.6 Å². The van der Waals surface area contributed by atoms with Crippen LogP contribution < -0.4 is 0 Å². The molecular weight excluding hydrogens is 410 g/mol. The van der Waals surface area contributed by atoms with Crippen molar-refractivity contribution in [2.24, 2.45) is 0 Å². The molecule has 1 unspecified atom stereocenters. The van der Waals surface area contributed by atoms with E-state index in [-0.39, 0.29) is 18.9 Å². The molecular formula is C25H29NO4S. The van der Waals surface area contributed by atoms with Gasteiger partial charge in [-0.2, -0.15) is 0 Å². The highest BCUT2D eigenvalue weighted by Gasteiger charge is 2.32. The van der Waals surface area contributed by atoms with Gasteiger partial charge in [0.15, 0.2) is 0 Å². The summed E-state index contributed by atoms with van der Waals surface area (Å²) in [4.78, 5) is 25.8. The van der Waals surface area contributed by atoms with Crippen molar-refractivity contribution in [1.29, 1.82) is 0 Å². The largest absolute Gasteiger partial charge is 0.481 e. The van der Waals surface area contributed by atoms with Crippen LogP contribution in [0.3, 0.4) is 0 Å². The van der Waals surface area contributed by atoms with Gasteiger partial charge in [-0.05, 0) is 35.1 Å². The molecule has 1 N–H and O–H groups in total. The topological polar surface area (TPSA) is 66.8 Å². The number of hydrogen-bond donors (Lipinski definition) is 1. The van der Waals surface area contributed by atoms with Gasteiger partial charge in [-0.3, -0.25) is 9.69 Å². The van der Waals surface area contributed by atoms with Crippen LogP contribution in [0.15, 0.2) is 48.5 Å². The summed E-state index contributed by atoms with van der Waals surface area (Å²) < 4.78 is 5.73. The fourth-order valence-electron chi connectivity index (χ4n) is 4.66. The number of hydrogen-bond acceptors (Lipinski definition) is 4. The number of fused-ring (bicyclic) bond motifs is 3. The van der Waals surface area contributed by atoms with Gasteiger partial charge in [-0.1, -0.05) is 67.8 Å². The second kappa shape index (κ2) is 9.77. The summed E-state index contributed by atoms with van der Waals surface area (Å²) in [5, 5.41) is 9.36. The summed E-state index contributed by atoms with van der Waals surface area (Å²) in [6, 6.07) is 16.4. The Morgan fingerprint density at radius 3 is 2.19 bits per heavy atom. The molecule has 0 saturated heterocycles. The number of carbonyl (C=O) groups is 2. The zero-order chi connectivity index (χ0) is 21.8. The number of carboxylic acids is 1. The highest BCUT2D eigenvalue weighted by atomic mass is 32.2. The van der Waals surface area contributed by atoms with E-state index in [0.717, 1.165) is 24.0 Å². The van der Waals surface area contributed by atoms with E-state index in [9.17, 15) is 14.7 Å². The van der Waals surface area contributed by atoms with Gasteiger partial charge in [-0.25, -0.2) is 4.79 Å². The summed E-state index contributed by atoms with van der Waals surface area (Å²) in [6.45, 7) is 0.241. The molecule has 2 aliphatic carbocycles. The molecule has 2 aromatic rings. The molecule has 0 radical (unpaired) electrons. The minimum absolute atomic E-state index is 0.00586. The van der Waals surface area contributed by atoms with E-state index < -0.39 is 17.4 Å². The number of nitrogens with zero attached hydrogens (tertiary/aromatic N) is 1. The van der Waals surface area contributed by atoms with Crippen LogP contribution >= 0.6 is 11.8 Å². The Hall–Kier alpha value is -2.47. The van der Waals surface area contributed by atoms with Crippen molar-refractivity contribution in [2.45, 2.75) is 55.1 Å². The molecule has 164 valence electrons. The van der Waals surface area contributed by atoms with E-state index in [2.05, 4.69) is 24.3 Å². The molecule has 0 spiro atoms. The first-order valence-corrected chi connectivity index (χ1v) is 11.9. The summed E-state index contributed by atoms with van der Waals surface area (Å²) >= 11 is 1.61. The third-order valence-electron chi connectivity index (χ3n) is 6.31. The molecule has 0 bridgehead atoms. The van der Waals surface area contributed by atoms with E-state index >= 15 is 0 Å². The number of benzene rings is 2. The number of ether oxygens (including phenoxy) is 1. The number of aliphatic carboxylic acids is 1. The number of rotatable bonds is 7. The minimum Gasteiger partial charge on any atom is -0.481 e. The molecule has 31 heavy (non-hydrogen) atoms. The van der Waals surface area contributed by atoms with E-state index in [1.807, 2.05) is 24.3 Å². The zero-order valence-electron chi connectivity index (χ0n) is 17.8. The van der Waals surface area contributed by atoms with Crippen LogP contribution in [0, 0.1) is 0 Å². The smallest absolute Gasteiger partial charge is 0.410 e. The summed E-state index contributed by atoms with van der Waals surface area (Å²) in [5.74, 6) is -0.903. The Labute approximate surface area is 187 Å². The van der Waals surface area contributed by atoms with Crippen molar-refractivity contribution >= 4 is 23.8 Å². The second-order valence-corrected chi connectivity index (χ2v) is 9.85. The predicted octanol–water partition coefficient (Wildman–Crippen LogP) is 5.73. The Morgan fingerprint density at radius 2 is 1.61 bits per heavy atom. The number of carbonyl (C=O) groups excluding carboxylic acids is 1. The lowest BCUT2D eigenvalue weighted by atomic mass is 9.98. The highest BCUT2D eigenvalue weighted by molar-refractivity contribution is 8.00. The van der Waals surface area contributed by atoms with Crippen molar-refractivity contribution < 1.29 is 19.4 Å². The third-order valence-corrected chi connectivity index (χ3v) is 7.96. The normalized spacial score (nSPS) is 16.9. The first-order chi connectivity index (χ1) is 15.0. The first kappa shape index (κ1) is 21.8. The number of thioether (sulfide) groups is 1. The van der Waals surface area contributed by atoms with Crippen LogP contribution in [0.5, 0.6) is 0 Å². The van der Waals surface area contributed by atoms with E-state index in [1.165, 1.54) is 35.3 Å². The van der Waals surface area contributed by atoms with E-state index in [4.69, 9.17) is 4.74 Å². The van der Waals surface area contributed by atoms with Crippen LogP contribution in [0.25, 0.3) is 11.1 Å². The molecule has 2 aliphatic rings. The fourth-order valence-corrected chi connectivity index (χ4v) is 6.22. The van der Waals surface area contributed by atoms with Crippen molar-refractivity contribution in [3.63, 3.8) is 0 Å². The predicted molar refractivity (Wildman–Crippen MR) is 123 cm³/mol. The fraction of sp³-hybridized carbons (Fsp3) is 0.440. The molecule has 1 atom stereocenters. The van der Waals surface area contributed by atoms with Crippen molar-refractivity contribution in [3.05, 3.63) is 59.7 Å². The van der Waals surface area contributed by atoms with E-state index in [0.29, 0.717) is 5.25 Å². The van der Waals surface area contributed by atoms with Gasteiger partial charge in [0.2, 0.25) is 0 Å². The maximum Gasteiger partial charge on any atom is 0.410 e. The maximum absolute atomic E-state index is 12.9. The summed E-state index contributed by atoms with van der Waals surface area (Å²) in [5.41, 5.74) is 4.70. The summed E-state index contributed by atoms with van der Waals surface area (Å²) in [6.07, 6.45) is 5.21. The Balaban J connectivity index is 1.44. The molecule has 1 amide bonds. The summed E-state index contributed by atoms with van der Waals surface area (Å²) in [7, 11) is 1.66. The Kier molecular flexibility index (Phi) is 6.86. The molecule has 6 heteroatoms.